The molecule has 0 aliphatic carbocycles. The Morgan fingerprint density at radius 2 is 0.952 bits per heavy atom. The van der Waals surface area contributed by atoms with Gasteiger partial charge in [0.2, 0.25) is 11.8 Å². The topological polar surface area (TPSA) is 266 Å². The zero-order valence-corrected chi connectivity index (χ0v) is 40.9. The van der Waals surface area contributed by atoms with Crippen LogP contribution < -0.4 is 80.0 Å². The first-order valence-corrected chi connectivity index (χ1v) is 20.2. The Morgan fingerprint density at radius 3 is 1.21 bits per heavy atom. The van der Waals surface area contributed by atoms with Gasteiger partial charge in [0, 0.05) is 23.7 Å². The minimum absolute atomic E-state index is 0. The predicted octanol–water partition coefficient (Wildman–Crippen LogP) is -7.59. The van der Waals surface area contributed by atoms with Gasteiger partial charge in [-0.05, 0) is 38.8 Å². The molecular formula is C40H42N4Na2O14S2. The number of amides is 4. The summed E-state index contributed by atoms with van der Waals surface area (Å²) in [5.41, 5.74) is -2.91. The van der Waals surface area contributed by atoms with E-state index in [0.29, 0.717) is 23.7 Å². The third kappa shape index (κ3) is 9.36. The molecule has 320 valence electrons. The number of Topliss-reactive ketones (excluding diaryl/α,β-unsaturated/α-hetero) is 2. The molecule has 0 aromatic heterocycles. The average Bonchev–Trinajstić information content (AvgIpc) is 3.63. The summed E-state index contributed by atoms with van der Waals surface area (Å²) in [7, 11) is 2.44. The average molecular weight is 913 g/mol. The van der Waals surface area contributed by atoms with Crippen LogP contribution >= 0.6 is 23.5 Å². The molecule has 22 heteroatoms. The van der Waals surface area contributed by atoms with Gasteiger partial charge in [0.05, 0.1) is 36.9 Å². The number of nitrogens with zero attached hydrogens (tertiary/aromatic N) is 2. The van der Waals surface area contributed by atoms with Gasteiger partial charge in [0.1, 0.15) is 35.2 Å². The summed E-state index contributed by atoms with van der Waals surface area (Å²) < 4.78 is 9.00. The maximum absolute atomic E-state index is 13.1. The smallest absolute Gasteiger partial charge is 0.548 e. The number of rotatable bonds is 16. The Bertz CT molecular complexity index is 1970. The fourth-order valence-corrected chi connectivity index (χ4v) is 11.2. The number of thioether (sulfide) groups is 2. The Hall–Kier alpha value is -3.44. The first-order valence-electron chi connectivity index (χ1n) is 18.4. The van der Waals surface area contributed by atoms with Crippen molar-refractivity contribution in [1.82, 2.24) is 20.4 Å². The molecule has 8 atom stereocenters. The van der Waals surface area contributed by atoms with E-state index in [2.05, 4.69) is 10.6 Å². The van der Waals surface area contributed by atoms with Gasteiger partial charge < -0.3 is 59.3 Å². The van der Waals surface area contributed by atoms with Crippen LogP contribution in [-0.2, 0) is 57.4 Å². The van der Waals surface area contributed by atoms with Gasteiger partial charge in [0.15, 0.2) is 11.6 Å². The summed E-state index contributed by atoms with van der Waals surface area (Å²) in [6.07, 6.45) is -0.114. The fraction of sp³-hybridized carbons (Fsp3) is 0.450. The molecule has 4 amide bonds. The van der Waals surface area contributed by atoms with Crippen LogP contribution in [0.25, 0.3) is 0 Å². The Morgan fingerprint density at radius 1 is 0.645 bits per heavy atom. The van der Waals surface area contributed by atoms with E-state index in [1.54, 1.807) is 88.4 Å². The standard InChI is InChI=1S/2C20H22N2O7S.2Na/c2*1-19(2)14(16(26)27)22-17(28)20(29-3,18(22)30-19)21-15(25)13(12(24)9-10-23)11-7-5-4-6-8-11;;/h2*4-8,10,13-14,18H,9H2,1-3H3,(H,21,25)(H,26,27);;/q;;2*+1/p-2/t2*13?,14-,18+,20-;;/m00../s1. The van der Waals surface area contributed by atoms with E-state index in [1.807, 2.05) is 0 Å². The third-order valence-corrected chi connectivity index (χ3v) is 13.9. The van der Waals surface area contributed by atoms with Crippen molar-refractivity contribution < 1.29 is 127 Å². The molecule has 0 spiro atoms. The van der Waals surface area contributed by atoms with E-state index in [9.17, 15) is 58.2 Å². The summed E-state index contributed by atoms with van der Waals surface area (Å²) >= 11 is 2.32. The van der Waals surface area contributed by atoms with Crippen molar-refractivity contribution >= 4 is 83.2 Å². The SMILES string of the molecule is CO[C@@]1(NC(=O)C(C(=O)CC=O)c2ccccc2)C(=O)N2[C@@H](C(=O)[O-])C(C)(C)S[C@@H]21.CO[C@@]1(NC(=O)C(C(=O)CC=O)c2ccccc2)C(=O)N2[C@@H](C(=O)[O-])C(C)(C)S[C@@H]21.[Na+].[Na+]. The second kappa shape index (κ2) is 20.6. The van der Waals surface area contributed by atoms with E-state index in [4.69, 9.17) is 9.47 Å². The molecular weight excluding hydrogens is 871 g/mol. The number of benzene rings is 2. The Kier molecular flexibility index (Phi) is 17.6. The number of carbonyl (C=O) groups is 10. The molecule has 62 heavy (non-hydrogen) atoms. The molecule has 2 N–H and O–H groups in total. The number of β-lactam (4-membered cyclic amide) rings is 2. The molecule has 18 nitrogen and oxygen atoms in total. The third-order valence-electron chi connectivity index (χ3n) is 10.7. The van der Waals surface area contributed by atoms with E-state index < -0.39 is 116 Å². The fourth-order valence-electron chi connectivity index (χ4n) is 7.90. The van der Waals surface area contributed by atoms with E-state index >= 15 is 0 Å². The summed E-state index contributed by atoms with van der Waals surface area (Å²) in [5, 5.41) is 26.6. The maximum Gasteiger partial charge on any atom is 1.00 e. The second-order valence-electron chi connectivity index (χ2n) is 15.2. The van der Waals surface area contributed by atoms with Crippen LogP contribution in [0.5, 0.6) is 0 Å². The minimum Gasteiger partial charge on any atom is -0.548 e. The molecule has 0 bridgehead atoms. The second-order valence-corrected chi connectivity index (χ2v) is 18.7. The number of carbonyl (C=O) groups excluding carboxylic acids is 10. The van der Waals surface area contributed by atoms with Crippen molar-refractivity contribution in [2.75, 3.05) is 14.2 Å². The molecule has 4 fully saturated rings. The number of hydrogen-bond acceptors (Lipinski definition) is 16. The van der Waals surface area contributed by atoms with Crippen molar-refractivity contribution in [2.45, 2.75) is 96.1 Å². The van der Waals surface area contributed by atoms with Gasteiger partial charge in [-0.1, -0.05) is 60.7 Å². The number of ketones is 2. The number of ether oxygens (including phenoxy) is 2. The molecule has 6 rings (SSSR count). The van der Waals surface area contributed by atoms with Crippen LogP contribution in [0.4, 0.5) is 0 Å². The number of aliphatic carboxylic acids is 2. The minimum atomic E-state index is -1.82. The number of methoxy groups -OCH3 is 2. The number of carboxylic acid groups (broad SMARTS) is 2. The zero-order valence-electron chi connectivity index (χ0n) is 35.2. The van der Waals surface area contributed by atoms with E-state index in [0.717, 1.165) is 33.3 Å². The molecule has 4 aliphatic rings. The molecule has 4 aliphatic heterocycles. The monoisotopic (exact) mass is 912 g/mol. The zero-order chi connectivity index (χ0) is 44.5. The maximum atomic E-state index is 13.1. The van der Waals surface area contributed by atoms with Gasteiger partial charge in [0.25, 0.3) is 23.3 Å². The summed E-state index contributed by atoms with van der Waals surface area (Å²) in [6.45, 7) is 6.64. The van der Waals surface area contributed by atoms with Gasteiger partial charge in [-0.15, -0.1) is 23.5 Å². The molecule has 0 radical (unpaired) electrons. The first-order chi connectivity index (χ1) is 28.2. The van der Waals surface area contributed by atoms with Crippen molar-refractivity contribution in [1.29, 1.82) is 0 Å². The predicted molar refractivity (Wildman–Crippen MR) is 208 cm³/mol. The molecule has 2 aromatic rings. The summed E-state index contributed by atoms with van der Waals surface area (Å²) in [4.78, 5) is 124. The number of nitrogens with one attached hydrogen (secondary N) is 2. The van der Waals surface area contributed by atoms with Gasteiger partial charge in [-0.25, -0.2) is 0 Å². The Balaban J connectivity index is 0.000000320. The van der Waals surface area contributed by atoms with Gasteiger partial charge >= 0.3 is 59.1 Å². The largest absolute Gasteiger partial charge is 1.00 e. The number of aldehydes is 2. The quantitative estimate of drug-likeness (QED) is 0.0521. The van der Waals surface area contributed by atoms with E-state index in [-0.39, 0.29) is 59.1 Å². The molecule has 2 aromatic carbocycles. The van der Waals surface area contributed by atoms with Crippen molar-refractivity contribution in [2.24, 2.45) is 0 Å². The van der Waals surface area contributed by atoms with Crippen LogP contribution in [0.15, 0.2) is 60.7 Å². The first kappa shape index (κ1) is 52.9. The summed E-state index contributed by atoms with van der Waals surface area (Å²) in [6, 6.07) is 13.9. The number of carboxylic acids is 2. The van der Waals surface area contributed by atoms with Gasteiger partial charge in [-0.2, -0.15) is 0 Å². The Labute approximate surface area is 409 Å². The molecule has 4 saturated heterocycles. The normalized spacial score (nSPS) is 26.7. The van der Waals surface area contributed by atoms with Crippen molar-refractivity contribution in [3.8, 4) is 0 Å². The van der Waals surface area contributed by atoms with E-state index in [1.165, 1.54) is 14.2 Å². The van der Waals surface area contributed by atoms with Crippen LogP contribution in [0.3, 0.4) is 0 Å². The van der Waals surface area contributed by atoms with Crippen LogP contribution in [0.2, 0.25) is 0 Å². The van der Waals surface area contributed by atoms with Crippen molar-refractivity contribution in [3.05, 3.63) is 71.8 Å². The van der Waals surface area contributed by atoms with Crippen LogP contribution in [0, 0.1) is 0 Å². The molecule has 0 saturated carbocycles. The van der Waals surface area contributed by atoms with Crippen LogP contribution in [-0.4, -0.2) is 128 Å². The molecule has 4 heterocycles. The number of fused-ring (bicyclic) bond motifs is 2. The van der Waals surface area contributed by atoms with Crippen LogP contribution in [0.1, 0.15) is 63.5 Å². The summed E-state index contributed by atoms with van der Waals surface area (Å²) in [5.74, 6) is -9.77. The molecule has 2 unspecified atom stereocenters. The number of hydrogen-bond donors (Lipinski definition) is 2. The van der Waals surface area contributed by atoms with Crippen molar-refractivity contribution in [3.63, 3.8) is 0 Å². The van der Waals surface area contributed by atoms with Gasteiger partial charge in [-0.3, -0.25) is 28.8 Å².